The van der Waals surface area contributed by atoms with Crippen LogP contribution in [0, 0.1) is 6.92 Å². The standard InChI is InChI=1S/C8H14N4O/c1-6-7(4-5-9-2)11-12-8(10-6)13-3/h9H,4-5H2,1-3H3. The molecule has 0 aliphatic rings. The number of hydrogen-bond acceptors (Lipinski definition) is 5. The summed E-state index contributed by atoms with van der Waals surface area (Å²) in [6.45, 7) is 2.78. The van der Waals surface area contributed by atoms with Gasteiger partial charge in [0.25, 0.3) is 0 Å². The van der Waals surface area contributed by atoms with Gasteiger partial charge in [0.15, 0.2) is 0 Å². The lowest BCUT2D eigenvalue weighted by atomic mass is 10.2. The maximum Gasteiger partial charge on any atom is 0.335 e. The van der Waals surface area contributed by atoms with E-state index in [0.717, 1.165) is 24.4 Å². The van der Waals surface area contributed by atoms with Crippen molar-refractivity contribution in [2.75, 3.05) is 20.7 Å². The van der Waals surface area contributed by atoms with Crippen LogP contribution in [-0.4, -0.2) is 35.9 Å². The Kier molecular flexibility index (Phi) is 3.57. The molecular formula is C8H14N4O. The predicted molar refractivity (Wildman–Crippen MR) is 48.7 cm³/mol. The number of aryl methyl sites for hydroxylation is 1. The first-order chi connectivity index (χ1) is 6.27. The van der Waals surface area contributed by atoms with E-state index in [1.165, 1.54) is 7.11 Å². The zero-order valence-electron chi connectivity index (χ0n) is 8.16. The van der Waals surface area contributed by atoms with Crippen molar-refractivity contribution in [3.05, 3.63) is 11.4 Å². The largest absolute Gasteiger partial charge is 0.466 e. The van der Waals surface area contributed by atoms with Crippen molar-refractivity contribution >= 4 is 0 Å². The monoisotopic (exact) mass is 182 g/mol. The van der Waals surface area contributed by atoms with Gasteiger partial charge in [0, 0.05) is 13.0 Å². The van der Waals surface area contributed by atoms with Gasteiger partial charge in [-0.25, -0.2) is 0 Å². The molecule has 0 radical (unpaired) electrons. The zero-order valence-corrected chi connectivity index (χ0v) is 8.16. The summed E-state index contributed by atoms with van der Waals surface area (Å²) in [5, 5.41) is 10.9. The van der Waals surface area contributed by atoms with E-state index >= 15 is 0 Å². The number of likely N-dealkylation sites (N-methyl/N-ethyl adjacent to an activating group) is 1. The second kappa shape index (κ2) is 4.71. The fourth-order valence-electron chi connectivity index (χ4n) is 0.967. The first-order valence-electron chi connectivity index (χ1n) is 4.16. The second-order valence-electron chi connectivity index (χ2n) is 2.68. The summed E-state index contributed by atoms with van der Waals surface area (Å²) in [5.41, 5.74) is 1.79. The van der Waals surface area contributed by atoms with Gasteiger partial charge in [-0.1, -0.05) is 5.10 Å². The Balaban J connectivity index is 2.73. The summed E-state index contributed by atoms with van der Waals surface area (Å²) >= 11 is 0. The highest BCUT2D eigenvalue weighted by molar-refractivity contribution is 5.10. The summed E-state index contributed by atoms with van der Waals surface area (Å²) in [7, 11) is 3.43. The van der Waals surface area contributed by atoms with Crippen molar-refractivity contribution in [1.82, 2.24) is 20.5 Å². The minimum Gasteiger partial charge on any atom is -0.466 e. The van der Waals surface area contributed by atoms with E-state index < -0.39 is 0 Å². The number of rotatable bonds is 4. The van der Waals surface area contributed by atoms with Gasteiger partial charge < -0.3 is 10.1 Å². The molecule has 1 aromatic rings. The molecule has 0 amide bonds. The fourth-order valence-corrected chi connectivity index (χ4v) is 0.967. The molecule has 0 aromatic carbocycles. The second-order valence-corrected chi connectivity index (χ2v) is 2.68. The minimum absolute atomic E-state index is 0.325. The molecule has 0 aliphatic heterocycles. The molecule has 0 aliphatic carbocycles. The van der Waals surface area contributed by atoms with Crippen LogP contribution in [0.4, 0.5) is 0 Å². The molecule has 0 fully saturated rings. The molecule has 5 heteroatoms. The maximum absolute atomic E-state index is 4.85. The lowest BCUT2D eigenvalue weighted by Crippen LogP contribution is -2.13. The third kappa shape index (κ3) is 2.62. The van der Waals surface area contributed by atoms with Crippen molar-refractivity contribution in [3.8, 4) is 6.01 Å². The van der Waals surface area contributed by atoms with E-state index in [2.05, 4.69) is 20.5 Å². The third-order valence-electron chi connectivity index (χ3n) is 1.73. The van der Waals surface area contributed by atoms with Crippen molar-refractivity contribution < 1.29 is 4.74 Å². The average molecular weight is 182 g/mol. The Morgan fingerprint density at radius 2 is 2.15 bits per heavy atom. The predicted octanol–water partition coefficient (Wildman–Crippen LogP) is -0.0495. The topological polar surface area (TPSA) is 59.9 Å². The molecule has 0 atom stereocenters. The Bertz CT molecular complexity index is 277. The number of hydrogen-bond donors (Lipinski definition) is 1. The highest BCUT2D eigenvalue weighted by atomic mass is 16.5. The molecule has 1 rings (SSSR count). The molecule has 0 bridgehead atoms. The van der Waals surface area contributed by atoms with E-state index in [4.69, 9.17) is 4.74 Å². The SMILES string of the molecule is CNCCc1nnc(OC)nc1C. The van der Waals surface area contributed by atoms with Gasteiger partial charge in [-0.3, -0.25) is 0 Å². The first kappa shape index (κ1) is 9.85. The molecular weight excluding hydrogens is 168 g/mol. The molecule has 0 unspecified atom stereocenters. The summed E-state index contributed by atoms with van der Waals surface area (Å²) in [4.78, 5) is 4.12. The lowest BCUT2D eigenvalue weighted by Gasteiger charge is -2.03. The quantitative estimate of drug-likeness (QED) is 0.707. The van der Waals surface area contributed by atoms with E-state index in [0.29, 0.717) is 6.01 Å². The van der Waals surface area contributed by atoms with Crippen LogP contribution in [-0.2, 0) is 6.42 Å². The van der Waals surface area contributed by atoms with E-state index in [1.807, 2.05) is 14.0 Å². The van der Waals surface area contributed by atoms with Crippen LogP contribution in [0.3, 0.4) is 0 Å². The van der Waals surface area contributed by atoms with Gasteiger partial charge in [-0.2, -0.15) is 4.98 Å². The van der Waals surface area contributed by atoms with Crippen LogP contribution in [0.25, 0.3) is 0 Å². The smallest absolute Gasteiger partial charge is 0.335 e. The van der Waals surface area contributed by atoms with E-state index in [9.17, 15) is 0 Å². The summed E-state index contributed by atoms with van der Waals surface area (Å²) in [6, 6.07) is 0.325. The van der Waals surface area contributed by atoms with Crippen LogP contribution in [0.5, 0.6) is 6.01 Å². The first-order valence-corrected chi connectivity index (χ1v) is 4.16. The van der Waals surface area contributed by atoms with Gasteiger partial charge >= 0.3 is 6.01 Å². The molecule has 1 heterocycles. The Hall–Kier alpha value is -1.23. The Morgan fingerprint density at radius 3 is 2.69 bits per heavy atom. The number of nitrogens with one attached hydrogen (secondary N) is 1. The molecule has 5 nitrogen and oxygen atoms in total. The molecule has 1 N–H and O–H groups in total. The Morgan fingerprint density at radius 1 is 1.38 bits per heavy atom. The minimum atomic E-state index is 0.325. The van der Waals surface area contributed by atoms with Crippen LogP contribution in [0.1, 0.15) is 11.4 Å². The number of aromatic nitrogens is 3. The van der Waals surface area contributed by atoms with Crippen LogP contribution >= 0.6 is 0 Å². The van der Waals surface area contributed by atoms with E-state index in [-0.39, 0.29) is 0 Å². The van der Waals surface area contributed by atoms with Gasteiger partial charge in [-0.05, 0) is 14.0 Å². The van der Waals surface area contributed by atoms with Gasteiger partial charge in [-0.15, -0.1) is 5.10 Å². The van der Waals surface area contributed by atoms with Gasteiger partial charge in [0.05, 0.1) is 18.5 Å². The molecule has 13 heavy (non-hydrogen) atoms. The van der Waals surface area contributed by atoms with Crippen molar-refractivity contribution in [2.45, 2.75) is 13.3 Å². The van der Waals surface area contributed by atoms with Crippen molar-refractivity contribution in [1.29, 1.82) is 0 Å². The number of methoxy groups -OCH3 is 1. The molecule has 72 valence electrons. The summed E-state index contributed by atoms with van der Waals surface area (Å²) in [5.74, 6) is 0. The Labute approximate surface area is 77.5 Å². The maximum atomic E-state index is 4.85. The van der Waals surface area contributed by atoms with Crippen LogP contribution in [0.2, 0.25) is 0 Å². The summed E-state index contributed by atoms with van der Waals surface area (Å²) in [6.07, 6.45) is 0.840. The lowest BCUT2D eigenvalue weighted by molar-refractivity contribution is 0.370. The van der Waals surface area contributed by atoms with Gasteiger partial charge in [0.2, 0.25) is 0 Å². The molecule has 0 spiro atoms. The zero-order chi connectivity index (χ0) is 9.68. The van der Waals surface area contributed by atoms with Crippen molar-refractivity contribution in [2.24, 2.45) is 0 Å². The van der Waals surface area contributed by atoms with Crippen molar-refractivity contribution in [3.63, 3.8) is 0 Å². The van der Waals surface area contributed by atoms with Crippen LogP contribution < -0.4 is 10.1 Å². The van der Waals surface area contributed by atoms with E-state index in [1.54, 1.807) is 0 Å². The van der Waals surface area contributed by atoms with Crippen LogP contribution in [0.15, 0.2) is 0 Å². The summed E-state index contributed by atoms with van der Waals surface area (Å²) < 4.78 is 4.85. The normalized spacial score (nSPS) is 10.1. The molecule has 1 aromatic heterocycles. The molecule has 0 saturated carbocycles. The fraction of sp³-hybridized carbons (Fsp3) is 0.625. The highest BCUT2D eigenvalue weighted by Gasteiger charge is 2.03. The highest BCUT2D eigenvalue weighted by Crippen LogP contribution is 2.04. The third-order valence-corrected chi connectivity index (χ3v) is 1.73. The molecule has 0 saturated heterocycles. The number of nitrogens with zero attached hydrogens (tertiary/aromatic N) is 3. The van der Waals surface area contributed by atoms with Gasteiger partial charge in [0.1, 0.15) is 0 Å². The average Bonchev–Trinajstić information content (AvgIpc) is 2.16. The number of ether oxygens (including phenoxy) is 1.